The predicted molar refractivity (Wildman–Crippen MR) is 106 cm³/mol. The van der Waals surface area contributed by atoms with E-state index in [4.69, 9.17) is 0 Å². The van der Waals surface area contributed by atoms with Crippen LogP contribution in [0.1, 0.15) is 0 Å². The van der Waals surface area contributed by atoms with Gasteiger partial charge in [-0.25, -0.2) is 4.98 Å². The SMILES string of the molecule is C=CC(=O)N(C)C1CN(c2cnc3[nH]cc(-c4ccn(C)c(=O)c4)c3c2)C1. The van der Waals surface area contributed by atoms with Gasteiger partial charge in [0, 0.05) is 56.6 Å². The monoisotopic (exact) mass is 363 g/mol. The lowest BCUT2D eigenvalue weighted by Gasteiger charge is -2.45. The number of pyridine rings is 2. The maximum Gasteiger partial charge on any atom is 0.250 e. The van der Waals surface area contributed by atoms with Gasteiger partial charge in [-0.05, 0) is 23.8 Å². The minimum atomic E-state index is -0.0631. The summed E-state index contributed by atoms with van der Waals surface area (Å²) in [4.78, 5) is 35.3. The molecule has 1 amide bonds. The molecule has 3 aromatic rings. The largest absolute Gasteiger partial charge is 0.366 e. The Balaban J connectivity index is 1.62. The van der Waals surface area contributed by atoms with Crippen molar-refractivity contribution < 1.29 is 4.79 Å². The second kappa shape index (κ2) is 6.42. The number of likely N-dealkylation sites (N-methyl/N-ethyl adjacent to an activating group) is 1. The van der Waals surface area contributed by atoms with Crippen molar-refractivity contribution in [2.24, 2.45) is 7.05 Å². The topological polar surface area (TPSA) is 74.2 Å². The Kier molecular flexibility index (Phi) is 4.07. The highest BCUT2D eigenvalue weighted by molar-refractivity contribution is 5.95. The van der Waals surface area contributed by atoms with Gasteiger partial charge in [0.25, 0.3) is 5.56 Å². The summed E-state index contributed by atoms with van der Waals surface area (Å²) in [6.45, 7) is 5.05. The number of carbonyl (C=O) groups is 1. The van der Waals surface area contributed by atoms with E-state index in [1.165, 1.54) is 6.08 Å². The van der Waals surface area contributed by atoms with Crippen molar-refractivity contribution in [1.29, 1.82) is 0 Å². The molecule has 0 bridgehead atoms. The van der Waals surface area contributed by atoms with E-state index in [0.29, 0.717) is 0 Å². The van der Waals surface area contributed by atoms with Crippen LogP contribution in [0.2, 0.25) is 0 Å². The highest BCUT2D eigenvalue weighted by Crippen LogP contribution is 2.31. The zero-order valence-electron chi connectivity index (χ0n) is 15.3. The number of aromatic amines is 1. The highest BCUT2D eigenvalue weighted by atomic mass is 16.2. The molecule has 7 nitrogen and oxygen atoms in total. The van der Waals surface area contributed by atoms with E-state index in [9.17, 15) is 9.59 Å². The van der Waals surface area contributed by atoms with Crippen molar-refractivity contribution in [3.8, 4) is 11.1 Å². The number of nitrogens with zero attached hydrogens (tertiary/aromatic N) is 4. The van der Waals surface area contributed by atoms with Gasteiger partial charge < -0.3 is 19.4 Å². The van der Waals surface area contributed by atoms with Gasteiger partial charge >= 0.3 is 0 Å². The average Bonchev–Trinajstić information content (AvgIpc) is 3.05. The molecule has 0 atom stereocenters. The third-order valence-corrected chi connectivity index (χ3v) is 5.23. The van der Waals surface area contributed by atoms with Crippen LogP contribution in [-0.4, -0.2) is 51.5 Å². The van der Waals surface area contributed by atoms with Crippen LogP contribution in [-0.2, 0) is 11.8 Å². The van der Waals surface area contributed by atoms with Crippen LogP contribution >= 0.6 is 0 Å². The van der Waals surface area contributed by atoms with Gasteiger partial charge in [0.1, 0.15) is 5.65 Å². The third-order valence-electron chi connectivity index (χ3n) is 5.23. The Morgan fingerprint density at radius 3 is 2.89 bits per heavy atom. The molecule has 1 aliphatic heterocycles. The van der Waals surface area contributed by atoms with Crippen molar-refractivity contribution in [3.63, 3.8) is 0 Å². The van der Waals surface area contributed by atoms with E-state index < -0.39 is 0 Å². The second-order valence-electron chi connectivity index (χ2n) is 6.87. The van der Waals surface area contributed by atoms with Gasteiger partial charge in [0.15, 0.2) is 0 Å². The van der Waals surface area contributed by atoms with E-state index in [-0.39, 0.29) is 17.5 Å². The van der Waals surface area contributed by atoms with Crippen LogP contribution in [0.4, 0.5) is 5.69 Å². The van der Waals surface area contributed by atoms with Gasteiger partial charge in [-0.15, -0.1) is 0 Å². The number of hydrogen-bond donors (Lipinski definition) is 1. The van der Waals surface area contributed by atoms with Gasteiger partial charge in [0.05, 0.1) is 17.9 Å². The molecule has 0 unspecified atom stereocenters. The number of amides is 1. The number of aryl methyl sites for hydroxylation is 1. The summed E-state index contributed by atoms with van der Waals surface area (Å²) in [5.41, 5.74) is 3.55. The zero-order chi connectivity index (χ0) is 19.1. The first-order valence-electron chi connectivity index (χ1n) is 8.76. The quantitative estimate of drug-likeness (QED) is 0.717. The number of hydrogen-bond acceptors (Lipinski definition) is 4. The Hall–Kier alpha value is -3.35. The fourth-order valence-electron chi connectivity index (χ4n) is 3.36. The first-order valence-corrected chi connectivity index (χ1v) is 8.76. The number of nitrogens with one attached hydrogen (secondary N) is 1. The molecular weight excluding hydrogens is 342 g/mol. The summed E-state index contributed by atoms with van der Waals surface area (Å²) in [5, 5.41) is 0.972. The first kappa shape index (κ1) is 17.1. The summed E-state index contributed by atoms with van der Waals surface area (Å²) in [6, 6.07) is 5.81. The lowest BCUT2D eigenvalue weighted by molar-refractivity contribution is -0.127. The minimum absolute atomic E-state index is 0.0496. The summed E-state index contributed by atoms with van der Waals surface area (Å²) < 4.78 is 1.54. The van der Waals surface area contributed by atoms with E-state index in [1.807, 2.05) is 18.5 Å². The fourth-order valence-corrected chi connectivity index (χ4v) is 3.36. The second-order valence-corrected chi connectivity index (χ2v) is 6.87. The standard InChI is InChI=1S/C20H21N5O2/c1-4-18(26)24(3)15-11-25(12-15)14-8-16-17(10-22-20(16)21-9-14)13-5-6-23(2)19(27)7-13/h4-10,15H,1,11-12H2,2-3H3,(H,21,22). The molecule has 138 valence electrons. The van der Waals surface area contributed by atoms with Crippen LogP contribution < -0.4 is 10.5 Å². The molecular formula is C20H21N5O2. The molecule has 0 aliphatic carbocycles. The molecule has 27 heavy (non-hydrogen) atoms. The minimum Gasteiger partial charge on any atom is -0.366 e. The normalized spacial score (nSPS) is 14.2. The molecule has 0 saturated carbocycles. The average molecular weight is 363 g/mol. The molecule has 1 fully saturated rings. The summed E-state index contributed by atoms with van der Waals surface area (Å²) in [6.07, 6.45) is 6.82. The van der Waals surface area contributed by atoms with Crippen molar-refractivity contribution in [3.05, 3.63) is 59.8 Å². The Morgan fingerprint density at radius 1 is 1.41 bits per heavy atom. The number of rotatable bonds is 4. The molecule has 4 rings (SSSR count). The molecule has 0 aromatic carbocycles. The van der Waals surface area contributed by atoms with Gasteiger partial charge in [-0.2, -0.15) is 0 Å². The molecule has 4 heterocycles. The Morgan fingerprint density at radius 2 is 2.19 bits per heavy atom. The maximum atomic E-state index is 12.0. The van der Waals surface area contributed by atoms with E-state index in [0.717, 1.165) is 40.9 Å². The molecule has 0 spiro atoms. The van der Waals surface area contributed by atoms with Crippen LogP contribution in [0.3, 0.4) is 0 Å². The smallest absolute Gasteiger partial charge is 0.250 e. The molecule has 0 radical (unpaired) electrons. The number of aromatic nitrogens is 3. The van der Waals surface area contributed by atoms with Gasteiger partial charge in [-0.1, -0.05) is 6.58 Å². The highest BCUT2D eigenvalue weighted by Gasteiger charge is 2.32. The van der Waals surface area contributed by atoms with Crippen molar-refractivity contribution in [2.75, 3.05) is 25.0 Å². The lowest BCUT2D eigenvalue weighted by atomic mass is 10.0. The predicted octanol–water partition coefficient (Wildman–Crippen LogP) is 1.76. The van der Waals surface area contributed by atoms with E-state index >= 15 is 0 Å². The van der Waals surface area contributed by atoms with Crippen molar-refractivity contribution in [1.82, 2.24) is 19.4 Å². The van der Waals surface area contributed by atoms with Crippen LogP contribution in [0.5, 0.6) is 0 Å². The fraction of sp³-hybridized carbons (Fsp3) is 0.250. The number of fused-ring (bicyclic) bond motifs is 1. The van der Waals surface area contributed by atoms with Crippen LogP contribution in [0.15, 0.2) is 54.2 Å². The molecule has 7 heteroatoms. The Labute approximate surface area is 156 Å². The van der Waals surface area contributed by atoms with Crippen molar-refractivity contribution in [2.45, 2.75) is 6.04 Å². The molecule has 1 aliphatic rings. The summed E-state index contributed by atoms with van der Waals surface area (Å²) >= 11 is 0. The van der Waals surface area contributed by atoms with Crippen LogP contribution in [0, 0.1) is 0 Å². The number of anilines is 1. The summed E-state index contributed by atoms with van der Waals surface area (Å²) in [7, 11) is 3.53. The van der Waals surface area contributed by atoms with E-state index in [2.05, 4.69) is 27.5 Å². The Bertz CT molecular complexity index is 1090. The van der Waals surface area contributed by atoms with E-state index in [1.54, 1.807) is 35.8 Å². The van der Waals surface area contributed by atoms with Crippen molar-refractivity contribution >= 4 is 22.6 Å². The third kappa shape index (κ3) is 2.91. The molecule has 1 saturated heterocycles. The van der Waals surface area contributed by atoms with Crippen LogP contribution in [0.25, 0.3) is 22.2 Å². The summed E-state index contributed by atoms with van der Waals surface area (Å²) in [5.74, 6) is -0.0631. The number of carbonyl (C=O) groups excluding carboxylic acids is 1. The maximum absolute atomic E-state index is 12.0. The van der Waals surface area contributed by atoms with Gasteiger partial charge in [0.2, 0.25) is 5.91 Å². The molecule has 1 N–H and O–H groups in total. The lowest BCUT2D eigenvalue weighted by Crippen LogP contribution is -2.59. The first-order chi connectivity index (χ1) is 13.0. The van der Waals surface area contributed by atoms with Gasteiger partial charge in [-0.3, -0.25) is 9.59 Å². The molecule has 3 aromatic heterocycles. The zero-order valence-corrected chi connectivity index (χ0v) is 15.3. The number of H-pyrrole nitrogens is 1.